The molecule has 43 heavy (non-hydrogen) atoms. The second-order valence-electron chi connectivity index (χ2n) is 10.0. The molecule has 2 atom stereocenters. The Morgan fingerprint density at radius 2 is 1.35 bits per heavy atom. The number of hydrogen-bond acceptors (Lipinski definition) is 12. The van der Waals surface area contributed by atoms with E-state index < -0.39 is 34.2 Å². The van der Waals surface area contributed by atoms with Gasteiger partial charge in [-0.25, -0.2) is 9.59 Å². The van der Waals surface area contributed by atoms with Gasteiger partial charge in [-0.3, -0.25) is 34.8 Å². The number of aliphatic hydroxyl groups is 1. The highest BCUT2D eigenvalue weighted by molar-refractivity contribution is 5.86. The van der Waals surface area contributed by atoms with Crippen molar-refractivity contribution < 1.29 is 43.5 Å². The van der Waals surface area contributed by atoms with Crippen LogP contribution in [-0.4, -0.2) is 106 Å². The summed E-state index contributed by atoms with van der Waals surface area (Å²) in [5, 5.41) is 31.7. The fourth-order valence-corrected chi connectivity index (χ4v) is 4.75. The average Bonchev–Trinajstić information content (AvgIpc) is 3.40. The van der Waals surface area contributed by atoms with Gasteiger partial charge in [0.25, 0.3) is 11.4 Å². The van der Waals surface area contributed by atoms with Crippen molar-refractivity contribution in [2.24, 2.45) is 0 Å². The first-order valence-electron chi connectivity index (χ1n) is 13.5. The van der Waals surface area contributed by atoms with Crippen molar-refractivity contribution in [2.45, 2.75) is 31.8 Å². The van der Waals surface area contributed by atoms with Gasteiger partial charge in [-0.05, 0) is 35.4 Å². The molecule has 2 aromatic carbocycles. The van der Waals surface area contributed by atoms with E-state index in [1.54, 1.807) is 4.90 Å². The first kappa shape index (κ1) is 31.1. The summed E-state index contributed by atoms with van der Waals surface area (Å²) in [5.41, 5.74) is 0.967. The summed E-state index contributed by atoms with van der Waals surface area (Å²) in [6.07, 6.45) is -2.42. The van der Waals surface area contributed by atoms with Crippen LogP contribution < -0.4 is 0 Å². The number of ether oxygens (including phenoxy) is 3. The highest BCUT2D eigenvalue weighted by Crippen LogP contribution is 2.23. The minimum Gasteiger partial charge on any atom is -0.445 e. The third-order valence-electron chi connectivity index (χ3n) is 7.12. The Morgan fingerprint density at radius 1 is 0.814 bits per heavy atom. The Morgan fingerprint density at radius 3 is 1.88 bits per heavy atom. The zero-order valence-electron chi connectivity index (χ0n) is 23.1. The number of β-amino-alcohol motifs (C(OH)–C–C–N with tert-alkyl or cyclic N) is 1. The number of amides is 2. The number of likely N-dealkylation sites (tertiary alicyclic amines) is 1. The number of carbonyl (C=O) groups is 3. The summed E-state index contributed by atoms with van der Waals surface area (Å²) in [7, 11) is 0. The van der Waals surface area contributed by atoms with Crippen molar-refractivity contribution in [3.8, 4) is 0 Å². The highest BCUT2D eigenvalue weighted by atomic mass is 16.7. The Labute approximate surface area is 245 Å². The summed E-state index contributed by atoms with van der Waals surface area (Å²) < 4.78 is 15.4. The van der Waals surface area contributed by atoms with Gasteiger partial charge in [-0.15, -0.1) is 0 Å². The zero-order valence-corrected chi connectivity index (χ0v) is 23.1. The molecule has 0 bridgehead atoms. The molecule has 0 saturated carbocycles. The van der Waals surface area contributed by atoms with E-state index in [9.17, 15) is 39.7 Å². The molecule has 2 aliphatic heterocycles. The van der Waals surface area contributed by atoms with Crippen molar-refractivity contribution in [1.82, 2.24) is 14.7 Å². The monoisotopic (exact) mass is 601 g/mol. The molecular weight excluding hydrogens is 570 g/mol. The van der Waals surface area contributed by atoms with Crippen molar-refractivity contribution in [3.05, 3.63) is 79.9 Å². The predicted molar refractivity (Wildman–Crippen MR) is 147 cm³/mol. The normalized spacial score (nSPS) is 18.6. The van der Waals surface area contributed by atoms with Crippen LogP contribution in [-0.2, 0) is 32.2 Å². The van der Waals surface area contributed by atoms with E-state index in [4.69, 9.17) is 14.2 Å². The summed E-state index contributed by atoms with van der Waals surface area (Å²) in [6, 6.07) is 10.3. The molecule has 0 aromatic heterocycles. The van der Waals surface area contributed by atoms with E-state index in [-0.39, 0.29) is 50.1 Å². The summed E-state index contributed by atoms with van der Waals surface area (Å²) in [5.74, 6) is -0.297. The molecule has 2 aliphatic rings. The van der Waals surface area contributed by atoms with Crippen LogP contribution in [0.5, 0.6) is 0 Å². The van der Waals surface area contributed by atoms with Crippen LogP contribution in [0.3, 0.4) is 0 Å². The smallest absolute Gasteiger partial charge is 0.445 e. The number of hydrogen-bond donors (Lipinski definition) is 1. The van der Waals surface area contributed by atoms with Crippen LogP contribution in [0.4, 0.5) is 21.0 Å². The van der Waals surface area contributed by atoms with Gasteiger partial charge in [0.05, 0.1) is 22.5 Å². The lowest BCUT2D eigenvalue weighted by molar-refractivity contribution is -0.385. The fraction of sp³-hybridized carbons (Fsp3) is 0.444. The van der Waals surface area contributed by atoms with E-state index in [1.807, 2.05) is 4.90 Å². The Bertz CT molecular complexity index is 1310. The molecule has 230 valence electrons. The van der Waals surface area contributed by atoms with Gasteiger partial charge in [0.2, 0.25) is 5.91 Å². The van der Waals surface area contributed by atoms with E-state index in [0.29, 0.717) is 43.9 Å². The van der Waals surface area contributed by atoms with Crippen molar-refractivity contribution in [2.75, 3.05) is 45.9 Å². The second-order valence-corrected chi connectivity index (χ2v) is 10.0. The molecular formula is C27H31N5O11. The van der Waals surface area contributed by atoms with E-state index >= 15 is 0 Å². The van der Waals surface area contributed by atoms with E-state index in [0.717, 1.165) is 0 Å². The minimum absolute atomic E-state index is 0.0485. The van der Waals surface area contributed by atoms with Crippen molar-refractivity contribution in [3.63, 3.8) is 0 Å². The first-order valence-corrected chi connectivity index (χ1v) is 13.5. The zero-order chi connectivity index (χ0) is 30.9. The molecule has 16 heteroatoms. The molecule has 2 aromatic rings. The predicted octanol–water partition coefficient (Wildman–Crippen LogP) is 2.07. The van der Waals surface area contributed by atoms with Crippen LogP contribution in [0.2, 0.25) is 0 Å². The summed E-state index contributed by atoms with van der Waals surface area (Å²) >= 11 is 0. The molecule has 2 fully saturated rings. The maximum absolute atomic E-state index is 13.3. The number of nitro groups is 2. The highest BCUT2D eigenvalue weighted by Gasteiger charge is 2.42. The molecule has 2 saturated heterocycles. The van der Waals surface area contributed by atoms with Crippen LogP contribution in [0.1, 0.15) is 17.5 Å². The Kier molecular flexibility index (Phi) is 10.4. The van der Waals surface area contributed by atoms with Gasteiger partial charge in [0.1, 0.15) is 25.9 Å². The maximum Gasteiger partial charge on any atom is 0.508 e. The largest absolute Gasteiger partial charge is 0.508 e. The summed E-state index contributed by atoms with van der Waals surface area (Å²) in [6.45, 7) is 1.97. The fourth-order valence-electron chi connectivity index (χ4n) is 4.75. The molecule has 2 heterocycles. The molecule has 4 rings (SSSR count). The van der Waals surface area contributed by atoms with Crippen LogP contribution in [0, 0.1) is 20.2 Å². The third-order valence-corrected chi connectivity index (χ3v) is 7.12. The Hall–Kier alpha value is -4.83. The van der Waals surface area contributed by atoms with Gasteiger partial charge in [-0.2, -0.15) is 0 Å². The number of rotatable bonds is 10. The van der Waals surface area contributed by atoms with Crippen LogP contribution in [0.15, 0.2) is 48.5 Å². The van der Waals surface area contributed by atoms with Gasteiger partial charge in [0, 0.05) is 63.4 Å². The topological polar surface area (TPSA) is 195 Å². The lowest BCUT2D eigenvalue weighted by Crippen LogP contribution is -2.54. The number of aliphatic hydroxyl groups excluding tert-OH is 1. The first-order chi connectivity index (χ1) is 20.6. The standard InChI is InChI=1S/C27H31N5O11/c33-23-15-24(30(16-23)26(35)42-17-19-1-5-21(6-2-19)31(37)38)25(34)29-11-9-28(10-12-29)13-14-41-27(36)43-18-20-3-7-22(8-4-20)32(39)40/h1-8,23-24,33H,9-18H2/t23-,24-/m1/s1. The number of nitrogens with zero attached hydrogens (tertiary/aromatic N) is 5. The summed E-state index contributed by atoms with van der Waals surface area (Å²) in [4.78, 5) is 63.2. The van der Waals surface area contributed by atoms with Gasteiger partial charge in [-0.1, -0.05) is 0 Å². The number of benzene rings is 2. The number of carbonyl (C=O) groups excluding carboxylic acids is 3. The molecule has 0 aliphatic carbocycles. The van der Waals surface area contributed by atoms with E-state index in [1.165, 1.54) is 53.4 Å². The average molecular weight is 602 g/mol. The number of nitro benzene ring substituents is 2. The molecule has 16 nitrogen and oxygen atoms in total. The van der Waals surface area contributed by atoms with Gasteiger partial charge >= 0.3 is 12.2 Å². The van der Waals surface area contributed by atoms with Crippen molar-refractivity contribution >= 4 is 29.5 Å². The van der Waals surface area contributed by atoms with Gasteiger partial charge in [0.15, 0.2) is 0 Å². The maximum atomic E-state index is 13.3. The second kappa shape index (κ2) is 14.4. The third kappa shape index (κ3) is 8.59. The lowest BCUT2D eigenvalue weighted by Gasteiger charge is -2.36. The number of non-ortho nitro benzene ring substituents is 2. The molecule has 2 amide bonds. The van der Waals surface area contributed by atoms with Crippen LogP contribution >= 0.6 is 0 Å². The Balaban J connectivity index is 1.16. The minimum atomic E-state index is -0.875. The molecule has 0 unspecified atom stereocenters. The molecule has 0 spiro atoms. The molecule has 1 N–H and O–H groups in total. The molecule has 0 radical (unpaired) electrons. The van der Waals surface area contributed by atoms with Crippen molar-refractivity contribution in [1.29, 1.82) is 0 Å². The quantitative estimate of drug-likeness (QED) is 0.237. The SMILES string of the molecule is O=C(OCCN1CCN(C(=O)[C@H]2C[C@@H](O)CN2C(=O)OCc2ccc([N+](=O)[O-])cc2)CC1)OCc1ccc([N+](=O)[O-])cc1. The van der Waals surface area contributed by atoms with Crippen LogP contribution in [0.25, 0.3) is 0 Å². The lowest BCUT2D eigenvalue weighted by atomic mass is 10.1. The van der Waals surface area contributed by atoms with Gasteiger partial charge < -0.3 is 24.2 Å². The number of piperazine rings is 1. The van der Waals surface area contributed by atoms with E-state index in [2.05, 4.69) is 0 Å².